The Morgan fingerprint density at radius 3 is 2.43 bits per heavy atom. The summed E-state index contributed by atoms with van der Waals surface area (Å²) in [5.74, 6) is 0. The lowest BCUT2D eigenvalue weighted by Crippen LogP contribution is -2.26. The Kier molecular flexibility index (Phi) is 5.11. The van der Waals surface area contributed by atoms with E-state index in [-0.39, 0.29) is 21.6 Å². The summed E-state index contributed by atoms with van der Waals surface area (Å²) in [5, 5.41) is 0.653. The van der Waals surface area contributed by atoms with Gasteiger partial charge in [-0.2, -0.15) is 4.31 Å². The SMILES string of the molecule is CN(Cc1ccccc1Cl)S(=O)(=O)c1cnc(Cl)c(Cl)c1. The third-order valence-electron chi connectivity index (χ3n) is 2.83. The van der Waals surface area contributed by atoms with Crippen LogP contribution in [0, 0.1) is 0 Å². The van der Waals surface area contributed by atoms with E-state index in [2.05, 4.69) is 4.98 Å². The molecule has 0 amide bonds. The Morgan fingerprint density at radius 2 is 1.81 bits per heavy atom. The van der Waals surface area contributed by atoms with Crippen molar-refractivity contribution in [3.8, 4) is 0 Å². The Hall–Kier alpha value is -0.850. The lowest BCUT2D eigenvalue weighted by Gasteiger charge is -2.18. The molecule has 0 spiro atoms. The predicted molar refractivity (Wildman–Crippen MR) is 84.4 cm³/mol. The van der Waals surface area contributed by atoms with Gasteiger partial charge in [0.15, 0.2) is 0 Å². The van der Waals surface area contributed by atoms with Gasteiger partial charge in [-0.25, -0.2) is 13.4 Å². The quantitative estimate of drug-likeness (QED) is 0.773. The topological polar surface area (TPSA) is 50.3 Å². The second kappa shape index (κ2) is 6.50. The molecule has 1 heterocycles. The van der Waals surface area contributed by atoms with Gasteiger partial charge < -0.3 is 0 Å². The van der Waals surface area contributed by atoms with Crippen LogP contribution in [0.25, 0.3) is 0 Å². The van der Waals surface area contributed by atoms with E-state index < -0.39 is 10.0 Å². The zero-order chi connectivity index (χ0) is 15.6. The number of benzene rings is 1. The van der Waals surface area contributed by atoms with E-state index >= 15 is 0 Å². The monoisotopic (exact) mass is 364 g/mol. The summed E-state index contributed by atoms with van der Waals surface area (Å²) in [7, 11) is -2.26. The zero-order valence-corrected chi connectivity index (χ0v) is 14.0. The lowest BCUT2D eigenvalue weighted by molar-refractivity contribution is 0.466. The molecule has 0 fully saturated rings. The third kappa shape index (κ3) is 3.67. The van der Waals surface area contributed by atoms with Crippen LogP contribution in [0.3, 0.4) is 0 Å². The Bertz CT molecular complexity index is 766. The van der Waals surface area contributed by atoms with Crippen LogP contribution in [0.5, 0.6) is 0 Å². The van der Waals surface area contributed by atoms with E-state index in [0.29, 0.717) is 10.6 Å². The van der Waals surface area contributed by atoms with Gasteiger partial charge in [-0.3, -0.25) is 0 Å². The second-order valence-corrected chi connectivity index (χ2v) is 7.51. The molecule has 1 aromatic heterocycles. The first kappa shape index (κ1) is 16.5. The van der Waals surface area contributed by atoms with Crippen molar-refractivity contribution >= 4 is 44.8 Å². The van der Waals surface area contributed by atoms with Gasteiger partial charge in [0, 0.05) is 24.8 Å². The number of halogens is 3. The van der Waals surface area contributed by atoms with Crippen molar-refractivity contribution in [3.05, 3.63) is 57.3 Å². The van der Waals surface area contributed by atoms with Crippen LogP contribution in [-0.4, -0.2) is 24.8 Å². The molecule has 0 saturated heterocycles. The third-order valence-corrected chi connectivity index (χ3v) is 5.65. The van der Waals surface area contributed by atoms with Crippen molar-refractivity contribution in [1.29, 1.82) is 0 Å². The predicted octanol–water partition coefficient (Wildman–Crippen LogP) is 3.86. The van der Waals surface area contributed by atoms with E-state index in [0.717, 1.165) is 0 Å². The van der Waals surface area contributed by atoms with Crippen molar-refractivity contribution in [3.63, 3.8) is 0 Å². The second-order valence-electron chi connectivity index (χ2n) is 4.30. The van der Waals surface area contributed by atoms with Crippen LogP contribution in [0.1, 0.15) is 5.56 Å². The Balaban J connectivity index is 2.30. The molecule has 0 atom stereocenters. The summed E-state index contributed by atoms with van der Waals surface area (Å²) in [4.78, 5) is 3.73. The molecule has 8 heteroatoms. The smallest absolute Gasteiger partial charge is 0.242 e. The maximum atomic E-state index is 12.5. The highest BCUT2D eigenvalue weighted by Crippen LogP contribution is 2.25. The average Bonchev–Trinajstić information content (AvgIpc) is 2.44. The van der Waals surface area contributed by atoms with Crippen molar-refractivity contribution in [2.24, 2.45) is 0 Å². The molecule has 2 rings (SSSR count). The van der Waals surface area contributed by atoms with Gasteiger partial charge in [0.2, 0.25) is 10.0 Å². The molecule has 1 aromatic carbocycles. The molecule has 112 valence electrons. The molecule has 0 aliphatic heterocycles. The summed E-state index contributed by atoms with van der Waals surface area (Å²) >= 11 is 17.5. The summed E-state index contributed by atoms with van der Waals surface area (Å²) in [5.41, 5.74) is 0.707. The van der Waals surface area contributed by atoms with Crippen LogP contribution < -0.4 is 0 Å². The van der Waals surface area contributed by atoms with Gasteiger partial charge in [-0.1, -0.05) is 53.0 Å². The van der Waals surface area contributed by atoms with E-state index in [1.54, 1.807) is 24.3 Å². The Morgan fingerprint density at radius 1 is 1.14 bits per heavy atom. The van der Waals surface area contributed by atoms with Gasteiger partial charge in [0.1, 0.15) is 10.0 Å². The zero-order valence-electron chi connectivity index (χ0n) is 10.9. The summed E-state index contributed by atoms with van der Waals surface area (Å²) < 4.78 is 26.1. The number of nitrogens with zero attached hydrogens (tertiary/aromatic N) is 2. The summed E-state index contributed by atoms with van der Waals surface area (Å²) in [6.45, 7) is 0.141. The number of sulfonamides is 1. The van der Waals surface area contributed by atoms with Crippen LogP contribution in [0.4, 0.5) is 0 Å². The molecule has 0 radical (unpaired) electrons. The van der Waals surface area contributed by atoms with Crippen LogP contribution in [0.15, 0.2) is 41.4 Å². The minimum Gasteiger partial charge on any atom is -0.242 e. The minimum atomic E-state index is -3.72. The normalized spacial score (nSPS) is 11.9. The molecule has 0 unspecified atom stereocenters. The molecular weight excluding hydrogens is 355 g/mol. The highest BCUT2D eigenvalue weighted by atomic mass is 35.5. The minimum absolute atomic E-state index is 0.0218. The first-order valence-electron chi connectivity index (χ1n) is 5.83. The molecule has 2 aromatic rings. The maximum absolute atomic E-state index is 12.5. The number of hydrogen-bond donors (Lipinski definition) is 0. The van der Waals surface area contributed by atoms with Crippen molar-refractivity contribution in [1.82, 2.24) is 9.29 Å². The molecule has 4 nitrogen and oxygen atoms in total. The van der Waals surface area contributed by atoms with Gasteiger partial charge in [-0.05, 0) is 17.7 Å². The number of pyridine rings is 1. The van der Waals surface area contributed by atoms with Crippen molar-refractivity contribution < 1.29 is 8.42 Å². The molecule has 21 heavy (non-hydrogen) atoms. The van der Waals surface area contributed by atoms with E-state index in [1.807, 2.05) is 0 Å². The van der Waals surface area contributed by atoms with E-state index in [9.17, 15) is 8.42 Å². The fourth-order valence-electron chi connectivity index (χ4n) is 1.68. The number of aromatic nitrogens is 1. The number of hydrogen-bond acceptors (Lipinski definition) is 3. The molecular formula is C13H11Cl3N2O2S. The average molecular weight is 366 g/mol. The fourth-order valence-corrected chi connectivity index (χ4v) is 3.33. The summed E-state index contributed by atoms with van der Waals surface area (Å²) in [6, 6.07) is 8.32. The van der Waals surface area contributed by atoms with Gasteiger partial charge in [-0.15, -0.1) is 0 Å². The highest BCUT2D eigenvalue weighted by Gasteiger charge is 2.23. The van der Waals surface area contributed by atoms with Crippen LogP contribution in [-0.2, 0) is 16.6 Å². The highest BCUT2D eigenvalue weighted by molar-refractivity contribution is 7.89. The summed E-state index contributed by atoms with van der Waals surface area (Å²) in [6.07, 6.45) is 1.17. The number of rotatable bonds is 4. The molecule has 0 saturated carbocycles. The fraction of sp³-hybridized carbons (Fsp3) is 0.154. The van der Waals surface area contributed by atoms with Gasteiger partial charge in [0.05, 0.1) is 5.02 Å². The van der Waals surface area contributed by atoms with Crippen molar-refractivity contribution in [2.45, 2.75) is 11.4 Å². The van der Waals surface area contributed by atoms with E-state index in [1.165, 1.54) is 23.6 Å². The van der Waals surface area contributed by atoms with Gasteiger partial charge >= 0.3 is 0 Å². The molecule has 0 aliphatic rings. The first-order chi connectivity index (χ1) is 9.82. The molecule has 0 bridgehead atoms. The Labute approximate surface area is 138 Å². The molecule has 0 aliphatic carbocycles. The molecule has 0 N–H and O–H groups in total. The van der Waals surface area contributed by atoms with Crippen LogP contribution >= 0.6 is 34.8 Å². The maximum Gasteiger partial charge on any atom is 0.244 e. The lowest BCUT2D eigenvalue weighted by atomic mass is 10.2. The largest absolute Gasteiger partial charge is 0.244 e. The standard InChI is InChI=1S/C13H11Cl3N2O2S/c1-18(8-9-4-2-3-5-11(9)14)21(19,20)10-6-12(15)13(16)17-7-10/h2-7H,8H2,1H3. The van der Waals surface area contributed by atoms with Crippen molar-refractivity contribution in [2.75, 3.05) is 7.05 Å². The van der Waals surface area contributed by atoms with Gasteiger partial charge in [0.25, 0.3) is 0 Å². The van der Waals surface area contributed by atoms with E-state index in [4.69, 9.17) is 34.8 Å². The van der Waals surface area contributed by atoms with Crippen LogP contribution in [0.2, 0.25) is 15.2 Å². The first-order valence-corrected chi connectivity index (χ1v) is 8.40.